The number of aliphatic hydroxyl groups is 3. The van der Waals surface area contributed by atoms with Crippen LogP contribution in [0.5, 0.6) is 0 Å². The highest BCUT2D eigenvalue weighted by atomic mass is 16.6. The molecule has 1 aliphatic carbocycles. The number of ketones is 2. The lowest BCUT2D eigenvalue weighted by atomic mass is 9.78. The van der Waals surface area contributed by atoms with E-state index in [0.29, 0.717) is 70.0 Å². The number of benzene rings is 1. The van der Waals surface area contributed by atoms with E-state index in [1.54, 1.807) is 41.1 Å². The van der Waals surface area contributed by atoms with Crippen LogP contribution in [0.4, 0.5) is 0 Å². The third-order valence-electron chi connectivity index (χ3n) is 16.0. The summed E-state index contributed by atoms with van der Waals surface area (Å²) in [7, 11) is 3.13. The summed E-state index contributed by atoms with van der Waals surface area (Å²) in [5, 5.41) is 34.4. The van der Waals surface area contributed by atoms with Gasteiger partial charge in [-0.25, -0.2) is 4.79 Å². The van der Waals surface area contributed by atoms with Crippen molar-refractivity contribution < 1.29 is 58.2 Å². The van der Waals surface area contributed by atoms with E-state index in [0.717, 1.165) is 29.6 Å². The minimum Gasteiger partial charge on any atom is -0.460 e. The standard InChI is InChI=1S/C59H87NO12/c1-37-19-13-11-14-20-38(2)51(70-30-28-45-21-15-12-16-22-45)35-47-26-24-43(7)59(67,72-47)56(64)57(65)60-29-18-17-23-48(60)58(66)71-52(41(5)33-46-25-27-49(61)53(34-46)68-9)36-50(62)40(4)32-42(6)54(63)55(69-10)44(8)39(3)31-37/h11-16,19-22,32,37,39-41,43,46-49,51-55,61,63,67H,8,17-18,23-31,33-36H2,1-7,9-10H3/b14-11+,19-13+,38-20+,42-32+/t37-,39-,40-,41-,43-,46+,47+,48?,49-,51?,52+,53-,54-,55+,59-/m1/s1. The Hall–Kier alpha value is -4.08. The number of carbonyl (C=O) groups is 4. The van der Waals surface area contributed by atoms with Crippen molar-refractivity contribution in [2.24, 2.45) is 35.5 Å². The van der Waals surface area contributed by atoms with Crippen LogP contribution in [0.2, 0.25) is 0 Å². The Morgan fingerprint density at radius 1 is 0.875 bits per heavy atom. The lowest BCUT2D eigenvalue weighted by Crippen LogP contribution is -2.61. The topological polar surface area (TPSA) is 178 Å². The summed E-state index contributed by atoms with van der Waals surface area (Å²) in [5.41, 5.74) is 3.34. The summed E-state index contributed by atoms with van der Waals surface area (Å²) < 4.78 is 30.7. The van der Waals surface area contributed by atoms with Gasteiger partial charge in [0.2, 0.25) is 5.79 Å². The molecule has 72 heavy (non-hydrogen) atoms. The molecule has 13 heteroatoms. The number of Topliss-reactive ketones (excluding diaryl/α,β-unsaturated/α-hetero) is 2. The predicted molar refractivity (Wildman–Crippen MR) is 278 cm³/mol. The van der Waals surface area contributed by atoms with Crippen LogP contribution in [0.3, 0.4) is 0 Å². The second kappa shape index (κ2) is 28.0. The molecule has 3 heterocycles. The van der Waals surface area contributed by atoms with Crippen LogP contribution >= 0.6 is 0 Å². The first-order valence-electron chi connectivity index (χ1n) is 26.7. The van der Waals surface area contributed by atoms with Gasteiger partial charge in [-0.1, -0.05) is 108 Å². The van der Waals surface area contributed by atoms with Crippen LogP contribution in [0, 0.1) is 35.5 Å². The van der Waals surface area contributed by atoms with E-state index >= 15 is 0 Å². The zero-order valence-corrected chi connectivity index (χ0v) is 44.7. The molecule has 1 aromatic rings. The summed E-state index contributed by atoms with van der Waals surface area (Å²) in [6.07, 6.45) is 13.5. The highest BCUT2D eigenvalue weighted by molar-refractivity contribution is 6.39. The molecular weight excluding hydrogens is 915 g/mol. The predicted octanol–water partition coefficient (Wildman–Crippen LogP) is 8.78. The normalized spacial score (nSPS) is 37.6. The first-order valence-corrected chi connectivity index (χ1v) is 26.7. The van der Waals surface area contributed by atoms with Gasteiger partial charge in [0, 0.05) is 45.4 Å². The zero-order valence-electron chi connectivity index (χ0n) is 44.7. The highest BCUT2D eigenvalue weighted by Crippen LogP contribution is 2.38. The van der Waals surface area contributed by atoms with Crippen LogP contribution in [-0.2, 0) is 49.3 Å². The molecule has 0 aromatic heterocycles. The van der Waals surface area contributed by atoms with Crippen molar-refractivity contribution in [2.45, 2.75) is 186 Å². The maximum atomic E-state index is 14.5. The number of amides is 1. The molecule has 0 spiro atoms. The maximum absolute atomic E-state index is 14.5. The van der Waals surface area contributed by atoms with Gasteiger partial charge in [-0.05, 0) is 130 Å². The lowest BCUT2D eigenvalue weighted by molar-refractivity contribution is -0.266. The minimum absolute atomic E-state index is 0.0103. The van der Waals surface area contributed by atoms with E-state index in [1.165, 1.54) is 4.90 Å². The molecule has 13 nitrogen and oxygen atoms in total. The maximum Gasteiger partial charge on any atom is 0.329 e. The molecule has 3 fully saturated rings. The number of cyclic esters (lactones) is 1. The average Bonchev–Trinajstić information content (AvgIpc) is 3.36. The number of piperidine rings is 1. The Kier molecular flexibility index (Phi) is 22.9. The Morgan fingerprint density at radius 3 is 2.32 bits per heavy atom. The smallest absolute Gasteiger partial charge is 0.329 e. The van der Waals surface area contributed by atoms with E-state index < -0.39 is 77.9 Å². The van der Waals surface area contributed by atoms with Crippen molar-refractivity contribution in [3.63, 3.8) is 0 Å². The quantitative estimate of drug-likeness (QED) is 0.122. The van der Waals surface area contributed by atoms with Gasteiger partial charge in [-0.3, -0.25) is 14.4 Å². The molecule has 2 unspecified atom stereocenters. The molecule has 2 saturated heterocycles. The number of hydrogen-bond donors (Lipinski definition) is 3. The lowest BCUT2D eigenvalue weighted by Gasteiger charge is -2.43. The zero-order chi connectivity index (χ0) is 52.7. The second-order valence-corrected chi connectivity index (χ2v) is 21.6. The van der Waals surface area contributed by atoms with E-state index in [4.69, 9.17) is 23.7 Å². The number of methoxy groups -OCH3 is 2. The Labute approximate surface area is 430 Å². The Morgan fingerprint density at radius 2 is 1.61 bits per heavy atom. The van der Waals surface area contributed by atoms with Crippen LogP contribution in [-0.4, -0.2) is 126 Å². The third-order valence-corrected chi connectivity index (χ3v) is 16.0. The molecule has 4 aliphatic rings. The summed E-state index contributed by atoms with van der Waals surface area (Å²) >= 11 is 0. The fourth-order valence-electron chi connectivity index (χ4n) is 11.1. The molecule has 1 saturated carbocycles. The van der Waals surface area contributed by atoms with Gasteiger partial charge >= 0.3 is 5.97 Å². The van der Waals surface area contributed by atoms with Gasteiger partial charge in [0.1, 0.15) is 30.1 Å². The van der Waals surface area contributed by atoms with Crippen molar-refractivity contribution in [1.29, 1.82) is 0 Å². The molecule has 0 radical (unpaired) electrons. The molecule has 1 amide bonds. The fourth-order valence-corrected chi connectivity index (χ4v) is 11.1. The summed E-state index contributed by atoms with van der Waals surface area (Å²) in [6.45, 7) is 18.2. The molecule has 15 atom stereocenters. The van der Waals surface area contributed by atoms with Gasteiger partial charge in [-0.2, -0.15) is 0 Å². The van der Waals surface area contributed by atoms with Gasteiger partial charge in [0.15, 0.2) is 0 Å². The van der Waals surface area contributed by atoms with E-state index in [1.807, 2.05) is 68.5 Å². The highest BCUT2D eigenvalue weighted by Gasteiger charge is 2.53. The monoisotopic (exact) mass is 1000 g/mol. The van der Waals surface area contributed by atoms with Crippen LogP contribution < -0.4 is 0 Å². The number of allylic oxidation sites excluding steroid dienone is 6. The summed E-state index contributed by atoms with van der Waals surface area (Å²) in [6, 6.07) is 8.92. The number of nitrogens with zero attached hydrogens (tertiary/aromatic N) is 1. The second-order valence-electron chi connectivity index (χ2n) is 21.6. The van der Waals surface area contributed by atoms with Crippen molar-refractivity contribution in [3.05, 3.63) is 95.6 Å². The van der Waals surface area contributed by atoms with Crippen molar-refractivity contribution in [2.75, 3.05) is 27.4 Å². The average molecular weight is 1000 g/mol. The number of carbonyl (C=O) groups excluding carboxylic acids is 4. The first-order chi connectivity index (χ1) is 34.3. The third kappa shape index (κ3) is 16.0. The molecule has 400 valence electrons. The number of esters is 1. The van der Waals surface area contributed by atoms with Crippen molar-refractivity contribution in [1.82, 2.24) is 4.90 Å². The molecule has 2 bridgehead atoms. The number of ether oxygens (including phenoxy) is 5. The Bertz CT molecular complexity index is 2080. The van der Waals surface area contributed by atoms with Gasteiger partial charge in [0.05, 0.1) is 31.0 Å². The van der Waals surface area contributed by atoms with Crippen LogP contribution in [0.1, 0.15) is 131 Å². The Balaban J connectivity index is 1.48. The number of fused-ring (bicyclic) bond motifs is 3. The van der Waals surface area contributed by atoms with Crippen LogP contribution in [0.25, 0.3) is 0 Å². The van der Waals surface area contributed by atoms with Gasteiger partial charge in [0.25, 0.3) is 11.7 Å². The van der Waals surface area contributed by atoms with Gasteiger partial charge < -0.3 is 43.9 Å². The van der Waals surface area contributed by atoms with E-state index in [2.05, 4.69) is 26.5 Å². The van der Waals surface area contributed by atoms with E-state index in [9.17, 15) is 34.5 Å². The first kappa shape index (κ1) is 58.8. The van der Waals surface area contributed by atoms with Crippen molar-refractivity contribution >= 4 is 23.4 Å². The van der Waals surface area contributed by atoms with Gasteiger partial charge in [-0.15, -0.1) is 0 Å². The SMILES string of the molecule is C=C1[C@H](C)C[C@H](C)/C=C/C=C/C=C(\C)C(OCCc2ccccc2)C[C@@H]2CC[C@@H](C)[C@@](O)(O2)C(=O)C(=O)N2CCCCC2C(=O)O[C@H]([C@H](C)C[C@@H]2CC[C@@H](O)[C@H](OC)C2)CC(=O)[C@H](C)/C=C(\C)[C@@H](O)[C@H]1OC. The number of hydrogen-bond acceptors (Lipinski definition) is 12. The molecular formula is C59H87NO12. The molecule has 3 N–H and O–H groups in total. The molecule has 3 aliphatic heterocycles. The summed E-state index contributed by atoms with van der Waals surface area (Å²) in [4.78, 5) is 58.9. The van der Waals surface area contributed by atoms with E-state index in [-0.39, 0.29) is 54.9 Å². The minimum atomic E-state index is -2.44. The number of aliphatic hydroxyl groups excluding tert-OH is 2. The molecule has 5 rings (SSSR count). The molecule has 1 aromatic carbocycles. The fraction of sp³-hybridized carbons (Fsp3) is 0.661. The van der Waals surface area contributed by atoms with Crippen LogP contribution in [0.15, 0.2) is 90.1 Å². The summed E-state index contributed by atoms with van der Waals surface area (Å²) in [5.74, 6) is -6.92. The number of rotatable bonds is 9. The largest absolute Gasteiger partial charge is 0.460 e. The van der Waals surface area contributed by atoms with Crippen molar-refractivity contribution in [3.8, 4) is 0 Å².